The van der Waals surface area contributed by atoms with E-state index in [9.17, 15) is 0 Å². The van der Waals surface area contributed by atoms with Crippen LogP contribution < -0.4 is 10.2 Å². The van der Waals surface area contributed by atoms with Crippen molar-refractivity contribution < 1.29 is 0 Å². The van der Waals surface area contributed by atoms with Crippen LogP contribution in [0.15, 0.2) is 30.6 Å². The molecule has 0 atom stereocenters. The molecule has 0 saturated carbocycles. The van der Waals surface area contributed by atoms with E-state index >= 15 is 0 Å². The number of benzene rings is 1. The summed E-state index contributed by atoms with van der Waals surface area (Å²) in [6.07, 6.45) is 5.51. The van der Waals surface area contributed by atoms with Crippen LogP contribution in [0, 0.1) is 13.8 Å². The fraction of sp³-hybridized carbons (Fsp3) is 0.444. The van der Waals surface area contributed by atoms with Gasteiger partial charge in [-0.1, -0.05) is 23.8 Å². The first-order chi connectivity index (χ1) is 10.7. The van der Waals surface area contributed by atoms with Gasteiger partial charge < -0.3 is 10.2 Å². The van der Waals surface area contributed by atoms with Crippen LogP contribution in [0.5, 0.6) is 0 Å². The molecular weight excluding hydrogens is 272 g/mol. The number of aryl methyl sites for hydroxylation is 2. The summed E-state index contributed by atoms with van der Waals surface area (Å²) in [5.74, 6) is 1.94. The van der Waals surface area contributed by atoms with Crippen LogP contribution in [-0.4, -0.2) is 23.1 Å². The number of piperidine rings is 1. The molecule has 0 amide bonds. The largest absolute Gasteiger partial charge is 0.366 e. The molecule has 1 aromatic carbocycles. The molecule has 4 nitrogen and oxygen atoms in total. The Morgan fingerprint density at radius 2 is 1.86 bits per heavy atom. The predicted molar refractivity (Wildman–Crippen MR) is 91.3 cm³/mol. The number of aromatic nitrogens is 2. The molecule has 1 aromatic heterocycles. The molecule has 0 bridgehead atoms. The molecule has 2 heterocycles. The zero-order valence-corrected chi connectivity index (χ0v) is 13.5. The normalized spacial score (nSPS) is 14.9. The molecule has 0 aliphatic carbocycles. The third kappa shape index (κ3) is 3.56. The molecule has 2 aromatic rings. The molecule has 4 heteroatoms. The highest BCUT2D eigenvalue weighted by atomic mass is 15.2. The summed E-state index contributed by atoms with van der Waals surface area (Å²) in [7, 11) is 0. The van der Waals surface area contributed by atoms with Crippen molar-refractivity contribution in [2.75, 3.05) is 23.3 Å². The van der Waals surface area contributed by atoms with E-state index in [1.54, 1.807) is 6.33 Å². The van der Waals surface area contributed by atoms with Gasteiger partial charge >= 0.3 is 0 Å². The minimum Gasteiger partial charge on any atom is -0.366 e. The summed E-state index contributed by atoms with van der Waals surface area (Å²) in [5.41, 5.74) is 3.93. The van der Waals surface area contributed by atoms with Crippen LogP contribution in [0.4, 0.5) is 11.6 Å². The minimum absolute atomic E-state index is 0.794. The Kier molecular flexibility index (Phi) is 4.56. The van der Waals surface area contributed by atoms with Crippen molar-refractivity contribution in [3.8, 4) is 0 Å². The second-order valence-corrected chi connectivity index (χ2v) is 6.09. The van der Waals surface area contributed by atoms with Crippen molar-refractivity contribution in [2.45, 2.75) is 39.7 Å². The molecule has 3 rings (SSSR count). The van der Waals surface area contributed by atoms with Gasteiger partial charge in [0.1, 0.15) is 18.0 Å². The first kappa shape index (κ1) is 14.8. The summed E-state index contributed by atoms with van der Waals surface area (Å²) < 4.78 is 0. The molecule has 1 saturated heterocycles. The Bertz CT molecular complexity index is 633. The van der Waals surface area contributed by atoms with Crippen LogP contribution in [0.1, 0.15) is 36.0 Å². The first-order valence-corrected chi connectivity index (χ1v) is 8.09. The summed E-state index contributed by atoms with van der Waals surface area (Å²) in [6, 6.07) is 8.62. The van der Waals surface area contributed by atoms with E-state index in [2.05, 4.69) is 58.3 Å². The Morgan fingerprint density at radius 3 is 2.64 bits per heavy atom. The maximum absolute atomic E-state index is 4.42. The highest BCUT2D eigenvalue weighted by Crippen LogP contribution is 2.20. The average molecular weight is 296 g/mol. The van der Waals surface area contributed by atoms with E-state index < -0.39 is 0 Å². The Labute approximate surface area is 132 Å². The van der Waals surface area contributed by atoms with Crippen LogP contribution in [-0.2, 0) is 6.54 Å². The number of hydrogen-bond acceptors (Lipinski definition) is 4. The van der Waals surface area contributed by atoms with Crippen molar-refractivity contribution in [2.24, 2.45) is 0 Å². The predicted octanol–water partition coefficient (Wildman–Crippen LogP) is 3.70. The van der Waals surface area contributed by atoms with Gasteiger partial charge in [-0.3, -0.25) is 0 Å². The summed E-state index contributed by atoms with van der Waals surface area (Å²) >= 11 is 0. The van der Waals surface area contributed by atoms with Crippen LogP contribution in [0.2, 0.25) is 0 Å². The second kappa shape index (κ2) is 6.77. The van der Waals surface area contributed by atoms with Crippen molar-refractivity contribution in [1.82, 2.24) is 9.97 Å². The summed E-state index contributed by atoms with van der Waals surface area (Å²) in [4.78, 5) is 11.1. The summed E-state index contributed by atoms with van der Waals surface area (Å²) in [5, 5.41) is 3.42. The molecule has 1 fully saturated rings. The summed E-state index contributed by atoms with van der Waals surface area (Å²) in [6.45, 7) is 7.28. The number of hydrogen-bond donors (Lipinski definition) is 1. The van der Waals surface area contributed by atoms with Gasteiger partial charge in [-0.2, -0.15) is 0 Å². The van der Waals surface area contributed by atoms with Crippen LogP contribution in [0.25, 0.3) is 0 Å². The lowest BCUT2D eigenvalue weighted by atomic mass is 10.1. The molecule has 22 heavy (non-hydrogen) atoms. The second-order valence-electron chi connectivity index (χ2n) is 6.09. The Balaban J connectivity index is 1.67. The SMILES string of the molecule is Cc1ccc(CNc2cc(N3CCCCC3)ncn2)c(C)c1. The molecule has 1 aliphatic rings. The number of nitrogens with one attached hydrogen (secondary N) is 1. The zero-order valence-electron chi connectivity index (χ0n) is 13.5. The van der Waals surface area contributed by atoms with Crippen LogP contribution >= 0.6 is 0 Å². The molecule has 1 aliphatic heterocycles. The molecule has 1 N–H and O–H groups in total. The fourth-order valence-electron chi connectivity index (χ4n) is 2.97. The maximum Gasteiger partial charge on any atom is 0.134 e. The topological polar surface area (TPSA) is 41.0 Å². The smallest absolute Gasteiger partial charge is 0.134 e. The van der Waals surface area contributed by atoms with Gasteiger partial charge in [0.05, 0.1) is 0 Å². The van der Waals surface area contributed by atoms with Crippen molar-refractivity contribution in [1.29, 1.82) is 0 Å². The van der Waals surface area contributed by atoms with E-state index in [1.807, 2.05) is 0 Å². The van der Waals surface area contributed by atoms with Gasteiger partial charge in [0, 0.05) is 25.7 Å². The highest BCUT2D eigenvalue weighted by Gasteiger charge is 2.12. The minimum atomic E-state index is 0.794. The Morgan fingerprint density at radius 1 is 1.05 bits per heavy atom. The standard InChI is InChI=1S/C18H24N4/c1-14-6-7-16(15(2)10-14)12-19-17-11-18(21-13-20-17)22-8-4-3-5-9-22/h6-7,10-11,13H,3-5,8-9,12H2,1-2H3,(H,19,20,21). The van der Waals surface area contributed by atoms with Gasteiger partial charge in [-0.15, -0.1) is 0 Å². The fourth-order valence-corrected chi connectivity index (χ4v) is 2.97. The molecular formula is C18H24N4. The quantitative estimate of drug-likeness (QED) is 0.934. The van der Waals surface area contributed by atoms with Gasteiger partial charge in [0.25, 0.3) is 0 Å². The van der Waals surface area contributed by atoms with E-state index in [1.165, 1.54) is 36.0 Å². The lowest BCUT2D eigenvalue weighted by molar-refractivity contribution is 0.573. The average Bonchev–Trinajstić information content (AvgIpc) is 2.55. The van der Waals surface area contributed by atoms with Gasteiger partial charge in [0.15, 0.2) is 0 Å². The van der Waals surface area contributed by atoms with Crippen molar-refractivity contribution in [3.63, 3.8) is 0 Å². The van der Waals surface area contributed by atoms with Gasteiger partial charge in [0.2, 0.25) is 0 Å². The lowest BCUT2D eigenvalue weighted by Crippen LogP contribution is -2.30. The van der Waals surface area contributed by atoms with E-state index in [0.717, 1.165) is 31.3 Å². The van der Waals surface area contributed by atoms with Gasteiger partial charge in [-0.25, -0.2) is 9.97 Å². The monoisotopic (exact) mass is 296 g/mol. The highest BCUT2D eigenvalue weighted by molar-refractivity contribution is 5.49. The first-order valence-electron chi connectivity index (χ1n) is 8.09. The van der Waals surface area contributed by atoms with Crippen molar-refractivity contribution >= 4 is 11.6 Å². The number of nitrogens with zero attached hydrogens (tertiary/aromatic N) is 3. The molecule has 0 radical (unpaired) electrons. The van der Waals surface area contributed by atoms with E-state index in [0.29, 0.717) is 0 Å². The van der Waals surface area contributed by atoms with Crippen LogP contribution in [0.3, 0.4) is 0 Å². The zero-order chi connectivity index (χ0) is 15.4. The van der Waals surface area contributed by atoms with Gasteiger partial charge in [-0.05, 0) is 44.2 Å². The number of rotatable bonds is 4. The van der Waals surface area contributed by atoms with Crippen molar-refractivity contribution in [3.05, 3.63) is 47.3 Å². The van der Waals surface area contributed by atoms with E-state index in [-0.39, 0.29) is 0 Å². The van der Waals surface area contributed by atoms with E-state index in [4.69, 9.17) is 0 Å². The molecule has 0 unspecified atom stereocenters. The maximum atomic E-state index is 4.42. The third-order valence-corrected chi connectivity index (χ3v) is 4.29. The molecule has 116 valence electrons. The number of anilines is 2. The lowest BCUT2D eigenvalue weighted by Gasteiger charge is -2.27. The molecule has 0 spiro atoms. The Hall–Kier alpha value is -2.10. The third-order valence-electron chi connectivity index (χ3n) is 4.29.